The molecule has 3 nitrogen and oxygen atoms in total. The number of carbonyl (C=O) groups is 1. The van der Waals surface area contributed by atoms with Crippen LogP contribution in [0.4, 0.5) is 21.5 Å². The largest absolute Gasteiger partial charge is 0.398 e. The second-order valence-electron chi connectivity index (χ2n) is 4.36. The second-order valence-corrected chi connectivity index (χ2v) is 4.36. The van der Waals surface area contributed by atoms with Crippen molar-refractivity contribution in [3.8, 4) is 0 Å². The zero-order chi connectivity index (χ0) is 14.0. The van der Waals surface area contributed by atoms with Crippen molar-refractivity contribution in [2.75, 3.05) is 17.7 Å². The summed E-state index contributed by atoms with van der Waals surface area (Å²) in [5.41, 5.74) is 8.49. The van der Waals surface area contributed by atoms with Crippen LogP contribution in [0.5, 0.6) is 0 Å². The molecule has 98 valence electrons. The van der Waals surface area contributed by atoms with Crippen molar-refractivity contribution in [1.82, 2.24) is 0 Å². The van der Waals surface area contributed by atoms with Crippen molar-refractivity contribution in [3.05, 3.63) is 53.8 Å². The highest BCUT2D eigenvalue weighted by molar-refractivity contribution is 5.99. The minimum absolute atomic E-state index is 0.0616. The first-order chi connectivity index (χ1) is 8.99. The summed E-state index contributed by atoms with van der Waals surface area (Å²) < 4.78 is 12.9. The third-order valence-corrected chi connectivity index (χ3v) is 3.02. The Morgan fingerprint density at radius 1 is 1.11 bits per heavy atom. The molecule has 0 aromatic heterocycles. The van der Waals surface area contributed by atoms with Gasteiger partial charge in [-0.15, -0.1) is 0 Å². The van der Waals surface area contributed by atoms with Gasteiger partial charge in [0.25, 0.3) is 0 Å². The van der Waals surface area contributed by atoms with Gasteiger partial charge in [-0.3, -0.25) is 4.79 Å². The molecule has 0 aliphatic rings. The molecular weight excluding hydrogens is 243 g/mol. The number of halogens is 1. The zero-order valence-corrected chi connectivity index (χ0v) is 10.9. The van der Waals surface area contributed by atoms with Gasteiger partial charge in [-0.2, -0.15) is 0 Å². The number of hydrogen-bond donors (Lipinski definition) is 1. The first kappa shape index (κ1) is 13.1. The Hall–Kier alpha value is -2.36. The molecule has 0 saturated heterocycles. The fourth-order valence-corrected chi connectivity index (χ4v) is 1.89. The summed E-state index contributed by atoms with van der Waals surface area (Å²) >= 11 is 0. The molecule has 2 N–H and O–H groups in total. The van der Waals surface area contributed by atoms with Crippen LogP contribution in [0.15, 0.2) is 42.5 Å². The van der Waals surface area contributed by atoms with Crippen LogP contribution in [-0.2, 0) is 0 Å². The third kappa shape index (κ3) is 2.73. The van der Waals surface area contributed by atoms with Crippen molar-refractivity contribution in [3.63, 3.8) is 0 Å². The van der Waals surface area contributed by atoms with Gasteiger partial charge in [0.2, 0.25) is 0 Å². The van der Waals surface area contributed by atoms with Crippen LogP contribution in [0.1, 0.15) is 17.3 Å². The molecule has 0 aliphatic heterocycles. The topological polar surface area (TPSA) is 46.3 Å². The van der Waals surface area contributed by atoms with Crippen molar-refractivity contribution in [2.45, 2.75) is 6.92 Å². The number of anilines is 3. The van der Waals surface area contributed by atoms with Crippen LogP contribution in [0.25, 0.3) is 0 Å². The molecule has 0 saturated carbocycles. The maximum Gasteiger partial charge on any atom is 0.161 e. The number of ketones is 1. The normalized spacial score (nSPS) is 10.3. The molecule has 0 heterocycles. The Morgan fingerprint density at radius 2 is 1.68 bits per heavy atom. The number of benzene rings is 2. The standard InChI is InChI=1S/C15H15FN2O/c1-10(19)14-8-7-13(9-15(14)17)18(2)12-5-3-11(16)4-6-12/h3-9H,17H2,1-2H3. The van der Waals surface area contributed by atoms with E-state index in [2.05, 4.69) is 0 Å². The molecule has 0 bridgehead atoms. The minimum atomic E-state index is -0.274. The molecule has 0 spiro atoms. The van der Waals surface area contributed by atoms with E-state index in [1.807, 2.05) is 18.0 Å². The Bertz CT molecular complexity index is 608. The number of hydrogen-bond acceptors (Lipinski definition) is 3. The van der Waals surface area contributed by atoms with E-state index in [4.69, 9.17) is 5.73 Å². The number of nitrogen functional groups attached to an aromatic ring is 1. The predicted octanol–water partition coefficient (Wildman–Crippen LogP) is 3.38. The Labute approximate surface area is 111 Å². The highest BCUT2D eigenvalue weighted by Gasteiger charge is 2.09. The van der Waals surface area contributed by atoms with Crippen LogP contribution in [0.3, 0.4) is 0 Å². The van der Waals surface area contributed by atoms with Crippen molar-refractivity contribution in [1.29, 1.82) is 0 Å². The van der Waals surface area contributed by atoms with E-state index in [0.29, 0.717) is 11.3 Å². The van der Waals surface area contributed by atoms with E-state index in [0.717, 1.165) is 11.4 Å². The maximum atomic E-state index is 12.9. The summed E-state index contributed by atoms with van der Waals surface area (Å²) in [6.45, 7) is 1.48. The summed E-state index contributed by atoms with van der Waals surface area (Å²) in [5.74, 6) is -0.336. The Kier molecular flexibility index (Phi) is 3.51. The number of Topliss-reactive ketones (excluding diaryl/α,β-unsaturated/α-hetero) is 1. The molecule has 0 amide bonds. The lowest BCUT2D eigenvalue weighted by molar-refractivity contribution is 0.101. The monoisotopic (exact) mass is 258 g/mol. The van der Waals surface area contributed by atoms with E-state index in [9.17, 15) is 9.18 Å². The molecule has 0 aliphatic carbocycles. The lowest BCUT2D eigenvalue weighted by atomic mass is 10.1. The number of rotatable bonds is 3. The fraction of sp³-hybridized carbons (Fsp3) is 0.133. The Morgan fingerprint density at radius 3 is 2.21 bits per heavy atom. The van der Waals surface area contributed by atoms with Gasteiger partial charge in [0.1, 0.15) is 5.82 Å². The molecule has 2 aromatic rings. The maximum absolute atomic E-state index is 12.9. The van der Waals surface area contributed by atoms with Crippen LogP contribution < -0.4 is 10.6 Å². The smallest absolute Gasteiger partial charge is 0.161 e. The van der Waals surface area contributed by atoms with Gasteiger partial charge in [0, 0.05) is 29.7 Å². The van der Waals surface area contributed by atoms with E-state index in [1.54, 1.807) is 24.3 Å². The zero-order valence-electron chi connectivity index (χ0n) is 10.9. The van der Waals surface area contributed by atoms with Gasteiger partial charge in [-0.05, 0) is 49.4 Å². The first-order valence-electron chi connectivity index (χ1n) is 5.89. The molecule has 2 rings (SSSR count). The fourth-order valence-electron chi connectivity index (χ4n) is 1.89. The van der Waals surface area contributed by atoms with Crippen LogP contribution in [-0.4, -0.2) is 12.8 Å². The quantitative estimate of drug-likeness (QED) is 0.678. The minimum Gasteiger partial charge on any atom is -0.398 e. The van der Waals surface area contributed by atoms with E-state index >= 15 is 0 Å². The Balaban J connectivity index is 2.34. The van der Waals surface area contributed by atoms with Gasteiger partial charge >= 0.3 is 0 Å². The molecule has 4 heteroatoms. The average Bonchev–Trinajstić information content (AvgIpc) is 2.38. The highest BCUT2D eigenvalue weighted by Crippen LogP contribution is 2.27. The number of carbonyl (C=O) groups excluding carboxylic acids is 1. The summed E-state index contributed by atoms with van der Waals surface area (Å²) in [6.07, 6.45) is 0. The van der Waals surface area contributed by atoms with E-state index < -0.39 is 0 Å². The lowest BCUT2D eigenvalue weighted by Gasteiger charge is -2.20. The van der Waals surface area contributed by atoms with Crippen LogP contribution >= 0.6 is 0 Å². The molecule has 0 radical (unpaired) electrons. The van der Waals surface area contributed by atoms with Crippen LogP contribution in [0.2, 0.25) is 0 Å². The van der Waals surface area contributed by atoms with Gasteiger partial charge in [-0.1, -0.05) is 0 Å². The number of nitrogens with two attached hydrogens (primary N) is 1. The molecule has 19 heavy (non-hydrogen) atoms. The van der Waals surface area contributed by atoms with Crippen LogP contribution in [0, 0.1) is 5.82 Å². The predicted molar refractivity (Wildman–Crippen MR) is 75.3 cm³/mol. The van der Waals surface area contributed by atoms with Gasteiger partial charge < -0.3 is 10.6 Å². The molecule has 0 unspecified atom stereocenters. The van der Waals surface area contributed by atoms with Gasteiger partial charge in [0.05, 0.1) is 0 Å². The van der Waals surface area contributed by atoms with Crippen molar-refractivity contribution in [2.24, 2.45) is 0 Å². The summed E-state index contributed by atoms with van der Waals surface area (Å²) in [7, 11) is 1.86. The van der Waals surface area contributed by atoms with Crippen molar-refractivity contribution < 1.29 is 9.18 Å². The SMILES string of the molecule is CC(=O)c1ccc(N(C)c2ccc(F)cc2)cc1N. The molecular formula is C15H15FN2O. The molecule has 0 atom stereocenters. The lowest BCUT2D eigenvalue weighted by Crippen LogP contribution is -2.10. The third-order valence-electron chi connectivity index (χ3n) is 3.02. The van der Waals surface area contributed by atoms with Gasteiger partial charge in [-0.25, -0.2) is 4.39 Å². The summed E-state index contributed by atoms with van der Waals surface area (Å²) in [6, 6.07) is 11.4. The highest BCUT2D eigenvalue weighted by atomic mass is 19.1. The van der Waals surface area contributed by atoms with Gasteiger partial charge in [0.15, 0.2) is 5.78 Å². The molecule has 2 aromatic carbocycles. The summed E-state index contributed by atoms with van der Waals surface area (Å²) in [5, 5.41) is 0. The molecule has 0 fully saturated rings. The van der Waals surface area contributed by atoms with E-state index in [-0.39, 0.29) is 11.6 Å². The number of nitrogens with zero attached hydrogens (tertiary/aromatic N) is 1. The second kappa shape index (κ2) is 5.10. The first-order valence-corrected chi connectivity index (χ1v) is 5.89. The average molecular weight is 258 g/mol. The summed E-state index contributed by atoms with van der Waals surface area (Å²) in [4.78, 5) is 13.2. The van der Waals surface area contributed by atoms with E-state index in [1.165, 1.54) is 19.1 Å². The van der Waals surface area contributed by atoms with Crippen molar-refractivity contribution >= 4 is 22.8 Å².